The summed E-state index contributed by atoms with van der Waals surface area (Å²) in [6.45, 7) is 3.94. The van der Waals surface area contributed by atoms with E-state index in [2.05, 4.69) is 5.10 Å². The van der Waals surface area contributed by atoms with Crippen molar-refractivity contribution in [2.45, 2.75) is 20.0 Å². The highest BCUT2D eigenvalue weighted by molar-refractivity contribution is 6.13. The Kier molecular flexibility index (Phi) is 3.44. The van der Waals surface area contributed by atoms with Crippen molar-refractivity contribution in [2.24, 2.45) is 0 Å². The van der Waals surface area contributed by atoms with Gasteiger partial charge in [-0.3, -0.25) is 4.79 Å². The molecule has 0 N–H and O–H groups in total. The molecule has 4 nitrogen and oxygen atoms in total. The number of fused-ring (bicyclic) bond motifs is 1. The lowest BCUT2D eigenvalue weighted by Crippen LogP contribution is -2.06. The second-order valence-corrected chi connectivity index (χ2v) is 5.11. The second-order valence-electron chi connectivity index (χ2n) is 5.11. The van der Waals surface area contributed by atoms with E-state index >= 15 is 0 Å². The fourth-order valence-corrected chi connectivity index (χ4v) is 2.22. The Labute approximate surface area is 123 Å². The summed E-state index contributed by atoms with van der Waals surface area (Å²) in [4.78, 5) is 12.6. The van der Waals surface area contributed by atoms with Crippen molar-refractivity contribution >= 4 is 11.3 Å². The number of ether oxygens (including phenoxy) is 1. The summed E-state index contributed by atoms with van der Waals surface area (Å²) in [5.74, 6) is 0.730. The van der Waals surface area contributed by atoms with Crippen LogP contribution in [0.15, 0.2) is 54.9 Å². The molecule has 0 aliphatic heterocycles. The van der Waals surface area contributed by atoms with Gasteiger partial charge in [-0.05, 0) is 50.2 Å². The zero-order valence-electron chi connectivity index (χ0n) is 12.0. The smallest absolute Gasteiger partial charge is 0.196 e. The average Bonchev–Trinajstić information content (AvgIpc) is 2.90. The standard InChI is InChI=1S/C17H16N2O2/c1-12(2)21-14-8-6-13(7-9-14)17(20)15-11-18-19-10-4-3-5-16(15)19/h3-12H,1-2H3. The number of hydrogen-bond donors (Lipinski definition) is 0. The van der Waals surface area contributed by atoms with E-state index in [0.717, 1.165) is 11.3 Å². The van der Waals surface area contributed by atoms with Crippen LogP contribution in [0.4, 0.5) is 0 Å². The lowest BCUT2D eigenvalue weighted by Gasteiger charge is -2.09. The minimum atomic E-state index is -0.0349. The normalized spacial score (nSPS) is 11.0. The number of ketones is 1. The van der Waals surface area contributed by atoms with Gasteiger partial charge in [-0.1, -0.05) is 6.07 Å². The van der Waals surface area contributed by atoms with Crippen LogP contribution in [0.5, 0.6) is 5.75 Å². The van der Waals surface area contributed by atoms with Crippen LogP contribution in [-0.2, 0) is 0 Å². The molecule has 0 saturated heterocycles. The summed E-state index contributed by atoms with van der Waals surface area (Å²) in [7, 11) is 0. The maximum Gasteiger partial charge on any atom is 0.196 e. The van der Waals surface area contributed by atoms with E-state index in [4.69, 9.17) is 4.74 Å². The van der Waals surface area contributed by atoms with Gasteiger partial charge in [0.25, 0.3) is 0 Å². The van der Waals surface area contributed by atoms with E-state index in [1.165, 1.54) is 0 Å². The molecule has 106 valence electrons. The van der Waals surface area contributed by atoms with Crippen molar-refractivity contribution in [1.82, 2.24) is 9.61 Å². The van der Waals surface area contributed by atoms with Crippen molar-refractivity contribution in [2.75, 3.05) is 0 Å². The predicted octanol–water partition coefficient (Wildman–Crippen LogP) is 3.35. The largest absolute Gasteiger partial charge is 0.491 e. The molecule has 1 aromatic carbocycles. The van der Waals surface area contributed by atoms with Gasteiger partial charge in [-0.15, -0.1) is 0 Å². The third kappa shape index (κ3) is 2.65. The molecular formula is C17H16N2O2. The van der Waals surface area contributed by atoms with Crippen LogP contribution in [0.2, 0.25) is 0 Å². The first-order valence-corrected chi connectivity index (χ1v) is 6.89. The predicted molar refractivity (Wildman–Crippen MR) is 80.8 cm³/mol. The van der Waals surface area contributed by atoms with Crippen LogP contribution >= 0.6 is 0 Å². The third-order valence-corrected chi connectivity index (χ3v) is 3.16. The van der Waals surface area contributed by atoms with Crippen LogP contribution in [0.3, 0.4) is 0 Å². The van der Waals surface area contributed by atoms with Crippen molar-refractivity contribution in [3.63, 3.8) is 0 Å². The van der Waals surface area contributed by atoms with Crippen molar-refractivity contribution in [3.05, 3.63) is 66.0 Å². The van der Waals surface area contributed by atoms with Crippen LogP contribution in [0.1, 0.15) is 29.8 Å². The SMILES string of the molecule is CC(C)Oc1ccc(C(=O)c2cnn3ccccc23)cc1. The highest BCUT2D eigenvalue weighted by Gasteiger charge is 2.14. The first-order chi connectivity index (χ1) is 10.1. The number of hydrogen-bond acceptors (Lipinski definition) is 3. The summed E-state index contributed by atoms with van der Waals surface area (Å²) in [6, 6.07) is 12.9. The molecular weight excluding hydrogens is 264 g/mol. The molecule has 0 radical (unpaired) electrons. The summed E-state index contributed by atoms with van der Waals surface area (Å²) < 4.78 is 7.28. The van der Waals surface area contributed by atoms with E-state index in [1.54, 1.807) is 22.8 Å². The van der Waals surface area contributed by atoms with Crippen molar-refractivity contribution in [3.8, 4) is 5.75 Å². The molecule has 2 aromatic heterocycles. The van der Waals surface area contributed by atoms with Gasteiger partial charge in [0, 0.05) is 11.8 Å². The minimum absolute atomic E-state index is 0.0349. The molecule has 0 aliphatic rings. The van der Waals surface area contributed by atoms with E-state index in [9.17, 15) is 4.79 Å². The van der Waals surface area contributed by atoms with Gasteiger partial charge in [0.15, 0.2) is 5.78 Å². The van der Waals surface area contributed by atoms with Gasteiger partial charge in [0.2, 0.25) is 0 Å². The fraction of sp³-hybridized carbons (Fsp3) is 0.176. The monoisotopic (exact) mass is 280 g/mol. The maximum absolute atomic E-state index is 12.6. The summed E-state index contributed by atoms with van der Waals surface area (Å²) in [6.07, 6.45) is 3.55. The van der Waals surface area contributed by atoms with Gasteiger partial charge in [-0.2, -0.15) is 5.10 Å². The van der Waals surface area contributed by atoms with Crippen LogP contribution < -0.4 is 4.74 Å². The minimum Gasteiger partial charge on any atom is -0.491 e. The molecule has 0 atom stereocenters. The Balaban J connectivity index is 1.91. The summed E-state index contributed by atoms with van der Waals surface area (Å²) >= 11 is 0. The van der Waals surface area contributed by atoms with E-state index in [1.807, 2.05) is 50.4 Å². The molecule has 3 aromatic rings. The molecule has 0 amide bonds. The topological polar surface area (TPSA) is 43.6 Å². The molecule has 2 heterocycles. The molecule has 0 aliphatic carbocycles. The molecule has 21 heavy (non-hydrogen) atoms. The Hall–Kier alpha value is -2.62. The number of nitrogens with zero attached hydrogens (tertiary/aromatic N) is 2. The Morgan fingerprint density at radius 3 is 2.62 bits per heavy atom. The number of carbonyl (C=O) groups excluding carboxylic acids is 1. The van der Waals surface area contributed by atoms with Gasteiger partial charge in [-0.25, -0.2) is 4.52 Å². The van der Waals surface area contributed by atoms with E-state index in [-0.39, 0.29) is 11.9 Å². The molecule has 0 fully saturated rings. The van der Waals surface area contributed by atoms with E-state index in [0.29, 0.717) is 11.1 Å². The molecule has 0 saturated carbocycles. The number of rotatable bonds is 4. The van der Waals surface area contributed by atoms with Gasteiger partial charge >= 0.3 is 0 Å². The lowest BCUT2D eigenvalue weighted by molar-refractivity contribution is 0.104. The van der Waals surface area contributed by atoms with Crippen molar-refractivity contribution in [1.29, 1.82) is 0 Å². The second kappa shape index (κ2) is 5.40. The molecule has 3 rings (SSSR count). The van der Waals surface area contributed by atoms with Crippen LogP contribution in [0.25, 0.3) is 5.52 Å². The zero-order chi connectivity index (χ0) is 14.8. The number of benzene rings is 1. The molecule has 0 spiro atoms. The third-order valence-electron chi connectivity index (χ3n) is 3.16. The Morgan fingerprint density at radius 2 is 1.90 bits per heavy atom. The highest BCUT2D eigenvalue weighted by Crippen LogP contribution is 2.19. The zero-order valence-corrected chi connectivity index (χ0v) is 12.0. The average molecular weight is 280 g/mol. The van der Waals surface area contributed by atoms with Crippen molar-refractivity contribution < 1.29 is 9.53 Å². The quantitative estimate of drug-likeness (QED) is 0.688. The highest BCUT2D eigenvalue weighted by atomic mass is 16.5. The maximum atomic E-state index is 12.6. The lowest BCUT2D eigenvalue weighted by atomic mass is 10.0. The Morgan fingerprint density at radius 1 is 1.14 bits per heavy atom. The van der Waals surface area contributed by atoms with E-state index < -0.39 is 0 Å². The molecule has 0 bridgehead atoms. The number of carbonyl (C=O) groups is 1. The van der Waals surface area contributed by atoms with Crippen LogP contribution in [-0.4, -0.2) is 21.5 Å². The summed E-state index contributed by atoms with van der Waals surface area (Å²) in [5.41, 5.74) is 2.04. The summed E-state index contributed by atoms with van der Waals surface area (Å²) in [5, 5.41) is 4.19. The van der Waals surface area contributed by atoms with Crippen LogP contribution in [0, 0.1) is 0 Å². The first kappa shape index (κ1) is 13.4. The molecule has 4 heteroatoms. The fourth-order valence-electron chi connectivity index (χ4n) is 2.22. The number of aromatic nitrogens is 2. The first-order valence-electron chi connectivity index (χ1n) is 6.89. The number of pyridine rings is 1. The van der Waals surface area contributed by atoms with Gasteiger partial charge < -0.3 is 4.74 Å². The molecule has 0 unspecified atom stereocenters. The van der Waals surface area contributed by atoms with Gasteiger partial charge in [0.05, 0.1) is 23.4 Å². The Bertz CT molecular complexity index is 773. The van der Waals surface area contributed by atoms with Gasteiger partial charge in [0.1, 0.15) is 5.75 Å².